The average molecular weight is 276 g/mol. The summed E-state index contributed by atoms with van der Waals surface area (Å²) in [5, 5.41) is 21.0. The molecule has 3 rings (SSSR count). The number of carboxylic acid groups (broad SMARTS) is 1. The van der Waals surface area contributed by atoms with Crippen LogP contribution in [0.2, 0.25) is 0 Å². The highest BCUT2D eigenvalue weighted by Crippen LogP contribution is 2.47. The maximum atomic E-state index is 11.3. The molecule has 0 radical (unpaired) electrons. The summed E-state index contributed by atoms with van der Waals surface area (Å²) >= 11 is 0. The van der Waals surface area contributed by atoms with Crippen molar-refractivity contribution < 1.29 is 14.3 Å². The molecule has 2 aromatic rings. The molecule has 20 heavy (non-hydrogen) atoms. The van der Waals surface area contributed by atoms with Gasteiger partial charge in [-0.15, -0.1) is 5.10 Å². The van der Waals surface area contributed by atoms with Gasteiger partial charge in [0.2, 0.25) is 0 Å². The minimum atomic E-state index is -0.782. The molecule has 7 heteroatoms. The molecule has 0 saturated heterocycles. The molecular formula is C13H16N4O3. The van der Waals surface area contributed by atoms with Crippen molar-refractivity contribution >= 4 is 5.97 Å². The first-order valence-corrected chi connectivity index (χ1v) is 6.51. The van der Waals surface area contributed by atoms with Gasteiger partial charge in [-0.25, -0.2) is 4.68 Å². The van der Waals surface area contributed by atoms with Gasteiger partial charge in [0.25, 0.3) is 0 Å². The molecule has 7 nitrogen and oxygen atoms in total. The summed E-state index contributed by atoms with van der Waals surface area (Å²) < 4.78 is 7.17. The monoisotopic (exact) mass is 276 g/mol. The predicted octanol–water partition coefficient (Wildman–Crippen LogP) is 1.72. The van der Waals surface area contributed by atoms with E-state index in [1.54, 1.807) is 4.68 Å². The van der Waals surface area contributed by atoms with Crippen molar-refractivity contribution in [1.82, 2.24) is 20.2 Å². The van der Waals surface area contributed by atoms with Crippen molar-refractivity contribution in [2.75, 3.05) is 0 Å². The first-order chi connectivity index (χ1) is 9.44. The number of carboxylic acids is 1. The average Bonchev–Trinajstić information content (AvgIpc) is 2.96. The fourth-order valence-electron chi connectivity index (χ4n) is 2.49. The van der Waals surface area contributed by atoms with Crippen LogP contribution in [-0.4, -0.2) is 31.3 Å². The maximum absolute atomic E-state index is 11.3. The highest BCUT2D eigenvalue weighted by atomic mass is 16.4. The Kier molecular flexibility index (Phi) is 2.67. The molecule has 1 saturated carbocycles. The van der Waals surface area contributed by atoms with Gasteiger partial charge in [-0.05, 0) is 44.0 Å². The van der Waals surface area contributed by atoms with Gasteiger partial charge in [0.15, 0.2) is 5.82 Å². The summed E-state index contributed by atoms with van der Waals surface area (Å²) in [5.41, 5.74) is 1.14. The number of carbonyl (C=O) groups is 1. The van der Waals surface area contributed by atoms with E-state index in [4.69, 9.17) is 4.42 Å². The molecule has 0 unspecified atom stereocenters. The lowest BCUT2D eigenvalue weighted by atomic mass is 10.1. The predicted molar refractivity (Wildman–Crippen MR) is 69.0 cm³/mol. The Hall–Kier alpha value is -2.18. The number of rotatable bonds is 4. The second kappa shape index (κ2) is 4.16. The largest absolute Gasteiger partial charge is 0.481 e. The summed E-state index contributed by atoms with van der Waals surface area (Å²) in [7, 11) is 0. The highest BCUT2D eigenvalue weighted by Gasteiger charge is 2.51. The van der Waals surface area contributed by atoms with E-state index in [1.165, 1.54) is 0 Å². The van der Waals surface area contributed by atoms with Crippen LogP contribution in [0.4, 0.5) is 0 Å². The first-order valence-electron chi connectivity index (χ1n) is 6.51. The smallest absolute Gasteiger partial charge is 0.311 e. The van der Waals surface area contributed by atoms with Gasteiger partial charge in [-0.2, -0.15) is 0 Å². The van der Waals surface area contributed by atoms with Gasteiger partial charge in [0.1, 0.15) is 11.5 Å². The van der Waals surface area contributed by atoms with Crippen LogP contribution >= 0.6 is 0 Å². The third-order valence-electron chi connectivity index (χ3n) is 4.08. The van der Waals surface area contributed by atoms with Crippen LogP contribution < -0.4 is 0 Å². The number of tetrazole rings is 1. The fraction of sp³-hybridized carbons (Fsp3) is 0.538. The van der Waals surface area contributed by atoms with E-state index in [2.05, 4.69) is 15.5 Å². The third kappa shape index (κ3) is 1.81. The Morgan fingerprint density at radius 1 is 1.35 bits per heavy atom. The van der Waals surface area contributed by atoms with Crippen molar-refractivity contribution in [3.05, 3.63) is 17.1 Å². The van der Waals surface area contributed by atoms with Crippen molar-refractivity contribution in [2.24, 2.45) is 5.41 Å². The van der Waals surface area contributed by atoms with E-state index < -0.39 is 11.4 Å². The number of furan rings is 1. The zero-order valence-corrected chi connectivity index (χ0v) is 11.7. The molecule has 0 atom stereocenters. The number of nitrogens with zero attached hydrogens (tertiary/aromatic N) is 4. The van der Waals surface area contributed by atoms with Gasteiger partial charge in [0, 0.05) is 5.56 Å². The molecule has 2 heterocycles. The molecule has 1 aliphatic carbocycles. The Labute approximate surface area is 115 Å². The SMILES string of the molecule is Cc1oc(C)c(-c2nnnn2CC2(C(=O)O)CC2)c1C. The summed E-state index contributed by atoms with van der Waals surface area (Å²) in [6.45, 7) is 6.00. The van der Waals surface area contributed by atoms with E-state index in [0.717, 1.165) is 22.6 Å². The quantitative estimate of drug-likeness (QED) is 0.913. The Bertz CT molecular complexity index is 682. The third-order valence-corrected chi connectivity index (χ3v) is 4.08. The summed E-state index contributed by atoms with van der Waals surface area (Å²) in [6.07, 6.45) is 1.34. The molecule has 1 aliphatic rings. The number of aromatic nitrogens is 4. The molecule has 0 aliphatic heterocycles. The molecule has 106 valence electrons. The number of hydrogen-bond donors (Lipinski definition) is 1. The summed E-state index contributed by atoms with van der Waals surface area (Å²) in [4.78, 5) is 11.3. The normalized spacial score (nSPS) is 16.4. The molecule has 0 aromatic carbocycles. The van der Waals surface area contributed by atoms with Gasteiger partial charge in [-0.3, -0.25) is 4.79 Å². The maximum Gasteiger partial charge on any atom is 0.311 e. The van der Waals surface area contributed by atoms with Crippen LogP contribution in [0.15, 0.2) is 4.42 Å². The van der Waals surface area contributed by atoms with Gasteiger partial charge >= 0.3 is 5.97 Å². The van der Waals surface area contributed by atoms with Gasteiger partial charge in [-0.1, -0.05) is 0 Å². The molecule has 0 spiro atoms. The van der Waals surface area contributed by atoms with E-state index in [1.807, 2.05) is 20.8 Å². The van der Waals surface area contributed by atoms with E-state index in [9.17, 15) is 9.90 Å². The van der Waals surface area contributed by atoms with Crippen LogP contribution in [0.5, 0.6) is 0 Å². The molecular weight excluding hydrogens is 260 g/mol. The van der Waals surface area contributed by atoms with E-state index >= 15 is 0 Å². The molecule has 1 fully saturated rings. The zero-order chi connectivity index (χ0) is 14.5. The van der Waals surface area contributed by atoms with Crippen molar-refractivity contribution in [1.29, 1.82) is 0 Å². The fourth-order valence-corrected chi connectivity index (χ4v) is 2.49. The van der Waals surface area contributed by atoms with Crippen LogP contribution in [0, 0.1) is 26.2 Å². The standard InChI is InChI=1S/C13H16N4O3/c1-7-8(2)20-9(3)10(7)11-14-15-16-17(11)6-13(4-5-13)12(18)19/h4-6H2,1-3H3,(H,18,19). The minimum Gasteiger partial charge on any atom is -0.481 e. The van der Waals surface area contributed by atoms with E-state index in [0.29, 0.717) is 25.2 Å². The van der Waals surface area contributed by atoms with Crippen molar-refractivity contribution in [3.63, 3.8) is 0 Å². The minimum absolute atomic E-state index is 0.299. The summed E-state index contributed by atoms with van der Waals surface area (Å²) in [5.74, 6) is 1.36. The van der Waals surface area contributed by atoms with Crippen LogP contribution in [0.1, 0.15) is 29.9 Å². The van der Waals surface area contributed by atoms with Gasteiger partial charge in [0.05, 0.1) is 17.5 Å². The van der Waals surface area contributed by atoms with E-state index in [-0.39, 0.29) is 0 Å². The van der Waals surface area contributed by atoms with Crippen LogP contribution in [-0.2, 0) is 11.3 Å². The Morgan fingerprint density at radius 3 is 2.55 bits per heavy atom. The molecule has 0 bridgehead atoms. The molecule has 2 aromatic heterocycles. The van der Waals surface area contributed by atoms with Crippen LogP contribution in [0.25, 0.3) is 11.4 Å². The lowest BCUT2D eigenvalue weighted by molar-refractivity contribution is -0.144. The Morgan fingerprint density at radius 2 is 2.05 bits per heavy atom. The molecule has 0 amide bonds. The second-order valence-corrected chi connectivity index (χ2v) is 5.46. The number of hydrogen-bond acceptors (Lipinski definition) is 5. The number of aryl methyl sites for hydroxylation is 2. The lowest BCUT2D eigenvalue weighted by Gasteiger charge is -2.10. The first kappa shape index (κ1) is 12.8. The highest BCUT2D eigenvalue weighted by molar-refractivity contribution is 5.77. The van der Waals surface area contributed by atoms with Crippen molar-refractivity contribution in [2.45, 2.75) is 40.2 Å². The number of aliphatic carboxylic acids is 1. The second-order valence-electron chi connectivity index (χ2n) is 5.46. The topological polar surface area (TPSA) is 94.0 Å². The summed E-state index contributed by atoms with van der Waals surface area (Å²) in [6, 6.07) is 0. The Balaban J connectivity index is 2.01. The lowest BCUT2D eigenvalue weighted by Crippen LogP contribution is -2.22. The van der Waals surface area contributed by atoms with Crippen LogP contribution in [0.3, 0.4) is 0 Å². The zero-order valence-electron chi connectivity index (χ0n) is 11.7. The molecule has 1 N–H and O–H groups in total. The van der Waals surface area contributed by atoms with Crippen molar-refractivity contribution in [3.8, 4) is 11.4 Å². The van der Waals surface area contributed by atoms with Gasteiger partial charge < -0.3 is 9.52 Å².